The Bertz CT molecular complexity index is 3550. The van der Waals surface area contributed by atoms with Gasteiger partial charge in [0.2, 0.25) is 11.8 Å². The Labute approximate surface area is 393 Å². The first-order valence-corrected chi connectivity index (χ1v) is 24.7. The number of nitrogens with zero attached hydrogens (tertiary/aromatic N) is 2. The van der Waals surface area contributed by atoms with Crippen molar-refractivity contribution < 1.29 is 8.83 Å². The molecule has 2 aliphatic rings. The third-order valence-corrected chi connectivity index (χ3v) is 15.9. The Balaban J connectivity index is 1.13. The van der Waals surface area contributed by atoms with Crippen LogP contribution in [-0.4, -0.2) is 6.71 Å². The molecule has 0 fully saturated rings. The zero-order chi connectivity index (χ0) is 44.8. The molecular formula is C59H47BN2O2S2. The van der Waals surface area contributed by atoms with Gasteiger partial charge in [-0.3, -0.25) is 9.80 Å². The van der Waals surface area contributed by atoms with Crippen LogP contribution in [0, 0.1) is 6.92 Å². The molecule has 11 aromatic rings. The van der Waals surface area contributed by atoms with Crippen molar-refractivity contribution in [3.05, 3.63) is 173 Å². The van der Waals surface area contributed by atoms with Crippen molar-refractivity contribution in [2.75, 3.05) is 9.80 Å². The lowest BCUT2D eigenvalue weighted by molar-refractivity contribution is 0.589. The maximum atomic E-state index is 7.29. The highest BCUT2D eigenvalue weighted by molar-refractivity contribution is 7.18. The summed E-state index contributed by atoms with van der Waals surface area (Å²) in [5.74, 6) is 1.70. The smallest absolute Gasteiger partial charge is 0.262 e. The molecule has 4 nitrogen and oxygen atoms in total. The van der Waals surface area contributed by atoms with E-state index in [1.54, 1.807) is 22.7 Å². The van der Waals surface area contributed by atoms with Crippen molar-refractivity contribution in [2.45, 2.75) is 59.3 Å². The topological polar surface area (TPSA) is 32.8 Å². The maximum Gasteiger partial charge on any atom is 0.262 e. The van der Waals surface area contributed by atoms with E-state index in [1.807, 2.05) is 0 Å². The molecule has 0 atom stereocenters. The van der Waals surface area contributed by atoms with Crippen molar-refractivity contribution in [1.82, 2.24) is 0 Å². The second-order valence-corrected chi connectivity index (χ2v) is 22.1. The van der Waals surface area contributed by atoms with Crippen LogP contribution < -0.4 is 26.2 Å². The van der Waals surface area contributed by atoms with Crippen LogP contribution in [0.15, 0.2) is 165 Å². The molecular weight excluding hydrogens is 844 g/mol. The number of fused-ring (bicyclic) bond motifs is 10. The molecule has 0 saturated heterocycles. The van der Waals surface area contributed by atoms with Crippen LogP contribution in [0.1, 0.15) is 58.2 Å². The monoisotopic (exact) mass is 890 g/mol. The molecule has 0 saturated carbocycles. The number of hydrogen-bond acceptors (Lipinski definition) is 6. The van der Waals surface area contributed by atoms with Gasteiger partial charge in [-0.15, -0.1) is 22.7 Å². The summed E-state index contributed by atoms with van der Waals surface area (Å²) < 4.78 is 17.2. The van der Waals surface area contributed by atoms with E-state index in [-0.39, 0.29) is 17.5 Å². The van der Waals surface area contributed by atoms with Gasteiger partial charge in [0.25, 0.3) is 6.71 Å². The highest BCUT2D eigenvalue weighted by atomic mass is 32.1. The number of hydrogen-bond donors (Lipinski definition) is 0. The van der Waals surface area contributed by atoms with Gasteiger partial charge in [-0.05, 0) is 135 Å². The third-order valence-electron chi connectivity index (χ3n) is 14.0. The Hall–Kier alpha value is -6.80. The van der Waals surface area contributed by atoms with Crippen LogP contribution in [0.5, 0.6) is 0 Å². The van der Waals surface area contributed by atoms with Gasteiger partial charge in [0.05, 0.1) is 0 Å². The highest BCUT2D eigenvalue weighted by Gasteiger charge is 2.49. The van der Waals surface area contributed by atoms with Crippen molar-refractivity contribution >= 4 is 122 Å². The normalized spacial score (nSPS) is 13.6. The minimum Gasteiger partial charge on any atom is -0.440 e. The second kappa shape index (κ2) is 14.1. The highest BCUT2D eigenvalue weighted by Crippen LogP contribution is 2.50. The number of furan rings is 2. The molecule has 0 aliphatic carbocycles. The molecule has 0 unspecified atom stereocenters. The van der Waals surface area contributed by atoms with E-state index in [1.165, 1.54) is 69.9 Å². The van der Waals surface area contributed by atoms with E-state index in [9.17, 15) is 0 Å². The van der Waals surface area contributed by atoms with E-state index < -0.39 is 0 Å². The lowest BCUT2D eigenvalue weighted by atomic mass is 9.33. The molecule has 66 heavy (non-hydrogen) atoms. The Morgan fingerprint density at radius 3 is 1.36 bits per heavy atom. The first-order valence-electron chi connectivity index (χ1n) is 22.9. The lowest BCUT2D eigenvalue weighted by Gasteiger charge is -2.41. The summed E-state index contributed by atoms with van der Waals surface area (Å²) in [5, 5.41) is 9.41. The second-order valence-electron chi connectivity index (χ2n) is 20.3. The lowest BCUT2D eigenvalue weighted by Crippen LogP contribution is -2.60. The summed E-state index contributed by atoms with van der Waals surface area (Å²) in [6.07, 6.45) is 0. The summed E-state index contributed by atoms with van der Waals surface area (Å²) in [4.78, 5) is 4.82. The maximum absolute atomic E-state index is 7.29. The predicted molar refractivity (Wildman–Crippen MR) is 284 cm³/mol. The SMILES string of the molecule is Cc1cc2c3c(c1)N(c1cccc(-c4csc5ccccc45)c1)c1oc4ccc(C(C)(C)C)cc4c1B3c1c(oc3ccc(C(C)(C)C)cc13)N2c1cccc(-c2csc3ccccc23)c1. The summed E-state index contributed by atoms with van der Waals surface area (Å²) in [5.41, 5.74) is 18.1. The third kappa shape index (κ3) is 5.89. The number of rotatable bonds is 4. The molecule has 0 spiro atoms. The average Bonchev–Trinajstić information content (AvgIpc) is 4.11. The molecule has 6 heterocycles. The summed E-state index contributed by atoms with van der Waals surface area (Å²) in [6, 6.07) is 53.9. The fourth-order valence-corrected chi connectivity index (χ4v) is 12.6. The summed E-state index contributed by atoms with van der Waals surface area (Å²) in [7, 11) is 0. The van der Waals surface area contributed by atoms with E-state index in [0.29, 0.717) is 0 Å². The molecule has 0 radical (unpaired) electrons. The number of aryl methyl sites for hydroxylation is 1. The number of anilines is 6. The molecule has 320 valence electrons. The first kappa shape index (κ1) is 39.6. The van der Waals surface area contributed by atoms with Gasteiger partial charge in [-0.2, -0.15) is 0 Å². The van der Waals surface area contributed by atoms with Crippen molar-refractivity contribution in [3.8, 4) is 22.3 Å². The largest absolute Gasteiger partial charge is 0.440 e. The van der Waals surface area contributed by atoms with E-state index in [2.05, 4.69) is 215 Å². The average molecular weight is 891 g/mol. The molecule has 13 rings (SSSR count). The van der Waals surface area contributed by atoms with Gasteiger partial charge in [0.1, 0.15) is 11.2 Å². The predicted octanol–water partition coefficient (Wildman–Crippen LogP) is 15.9. The standard InChI is InChI=1S/C59H47BN2O2S2/c1-34-26-47-55-48(27-34)62(40-17-13-15-36(29-40)46-33-66-52-21-11-9-19-42(46)52)57-54(44-31-38(59(5,6)7)23-25-50(44)64-57)60(55)53-43-30-37(58(2,3)4)22-24-49(43)63-56(53)61(47)39-16-12-14-35(28-39)45-32-65-51-20-10-8-18-41(45)51/h8-33H,1-7H3. The van der Waals surface area contributed by atoms with Gasteiger partial charge < -0.3 is 8.83 Å². The quantitative estimate of drug-likeness (QED) is 0.165. The molecule has 4 aromatic heterocycles. The van der Waals surface area contributed by atoms with Crippen LogP contribution in [0.4, 0.5) is 34.5 Å². The minimum absolute atomic E-state index is 0.0677. The molecule has 0 N–H and O–H groups in total. The summed E-state index contributed by atoms with van der Waals surface area (Å²) >= 11 is 3.60. The number of thiophene rings is 2. The fraction of sp³-hybridized carbons (Fsp3) is 0.153. The van der Waals surface area contributed by atoms with Crippen molar-refractivity contribution in [3.63, 3.8) is 0 Å². The Morgan fingerprint density at radius 2 is 0.909 bits per heavy atom. The van der Waals surface area contributed by atoms with Gasteiger partial charge >= 0.3 is 0 Å². The number of benzene rings is 7. The van der Waals surface area contributed by atoms with Crippen LogP contribution in [0.25, 0.3) is 64.4 Å². The van der Waals surface area contributed by atoms with Gasteiger partial charge in [-0.25, -0.2) is 0 Å². The van der Waals surface area contributed by atoms with Gasteiger partial charge in [0.15, 0.2) is 0 Å². The van der Waals surface area contributed by atoms with Crippen LogP contribution >= 0.6 is 22.7 Å². The van der Waals surface area contributed by atoms with E-state index in [0.717, 1.165) is 62.0 Å². The van der Waals surface area contributed by atoms with Gasteiger partial charge in [0, 0.05) is 75.7 Å². The van der Waals surface area contributed by atoms with Crippen LogP contribution in [-0.2, 0) is 10.8 Å². The van der Waals surface area contributed by atoms with E-state index in [4.69, 9.17) is 8.83 Å². The summed E-state index contributed by atoms with van der Waals surface area (Å²) in [6.45, 7) is 15.8. The molecule has 7 aromatic carbocycles. The van der Waals surface area contributed by atoms with Gasteiger partial charge in [-0.1, -0.05) is 114 Å². The molecule has 7 heteroatoms. The zero-order valence-corrected chi connectivity index (χ0v) is 39.7. The van der Waals surface area contributed by atoms with Crippen LogP contribution in [0.2, 0.25) is 0 Å². The van der Waals surface area contributed by atoms with Crippen LogP contribution in [0.3, 0.4) is 0 Å². The van der Waals surface area contributed by atoms with E-state index >= 15 is 0 Å². The molecule has 0 bridgehead atoms. The van der Waals surface area contributed by atoms with Crippen molar-refractivity contribution in [2.24, 2.45) is 0 Å². The first-order chi connectivity index (χ1) is 31.9. The Kier molecular flexibility index (Phi) is 8.45. The Morgan fingerprint density at radius 1 is 0.455 bits per heavy atom. The van der Waals surface area contributed by atoms with Crippen molar-refractivity contribution in [1.29, 1.82) is 0 Å². The molecule has 0 amide bonds. The zero-order valence-electron chi connectivity index (χ0n) is 38.1. The minimum atomic E-state index is -0.186. The molecule has 2 aliphatic heterocycles. The fourth-order valence-electron chi connectivity index (χ4n) is 10.6.